The normalized spacial score (nSPS) is 16.6. The first-order valence-electron chi connectivity index (χ1n) is 5.48. The van der Waals surface area contributed by atoms with Gasteiger partial charge in [0.25, 0.3) is 0 Å². The molecule has 0 aliphatic carbocycles. The van der Waals surface area contributed by atoms with Crippen molar-refractivity contribution in [2.45, 2.75) is 26.2 Å². The highest BCUT2D eigenvalue weighted by Crippen LogP contribution is 2.27. The molecule has 1 fully saturated rings. The Morgan fingerprint density at radius 2 is 2.06 bits per heavy atom. The molecular weight excluding hydrogens is 226 g/mol. The summed E-state index contributed by atoms with van der Waals surface area (Å²) in [5.41, 5.74) is 0.864. The van der Waals surface area contributed by atoms with E-state index in [1.165, 1.54) is 6.33 Å². The van der Waals surface area contributed by atoms with Crippen molar-refractivity contribution in [2.24, 2.45) is 0 Å². The van der Waals surface area contributed by atoms with E-state index in [9.17, 15) is 4.79 Å². The first-order chi connectivity index (χ1) is 7.72. The molecule has 0 aromatic carbocycles. The maximum absolute atomic E-state index is 11.2. The Balaban J connectivity index is 2.23. The number of halogens is 1. The molecule has 1 aromatic heterocycles. The zero-order valence-electron chi connectivity index (χ0n) is 9.24. The Morgan fingerprint density at radius 3 is 2.69 bits per heavy atom. The number of ketones is 1. The monoisotopic (exact) mass is 239 g/mol. The van der Waals surface area contributed by atoms with Gasteiger partial charge in [0.15, 0.2) is 5.82 Å². The lowest BCUT2D eigenvalue weighted by molar-refractivity contribution is -0.119. The van der Waals surface area contributed by atoms with Crippen LogP contribution in [-0.2, 0) is 11.2 Å². The number of Topliss-reactive ketones (excluding diaryl/α,β-unsaturated/α-hetero) is 1. The van der Waals surface area contributed by atoms with E-state index < -0.39 is 0 Å². The fourth-order valence-electron chi connectivity index (χ4n) is 1.83. The highest BCUT2D eigenvalue weighted by Gasteiger charge is 2.20. The second kappa shape index (κ2) is 4.78. The van der Waals surface area contributed by atoms with Crippen LogP contribution < -0.4 is 4.90 Å². The molecule has 0 amide bonds. The fourth-order valence-corrected chi connectivity index (χ4v) is 2.18. The van der Waals surface area contributed by atoms with Crippen LogP contribution in [0.2, 0.25) is 5.02 Å². The van der Waals surface area contributed by atoms with E-state index in [2.05, 4.69) is 14.9 Å². The van der Waals surface area contributed by atoms with Gasteiger partial charge in [-0.15, -0.1) is 0 Å². The van der Waals surface area contributed by atoms with Crippen LogP contribution in [0, 0.1) is 0 Å². The van der Waals surface area contributed by atoms with Crippen LogP contribution in [-0.4, -0.2) is 28.8 Å². The van der Waals surface area contributed by atoms with Gasteiger partial charge in [0.05, 0.1) is 5.69 Å². The number of aryl methyl sites for hydroxylation is 1. The molecule has 16 heavy (non-hydrogen) atoms. The Bertz CT molecular complexity index is 398. The second-order valence-corrected chi connectivity index (χ2v) is 4.22. The Morgan fingerprint density at radius 1 is 1.38 bits per heavy atom. The van der Waals surface area contributed by atoms with Crippen molar-refractivity contribution in [3.8, 4) is 0 Å². The number of carbonyl (C=O) groups is 1. The molecule has 1 aliphatic heterocycles. The van der Waals surface area contributed by atoms with Crippen molar-refractivity contribution in [1.82, 2.24) is 9.97 Å². The minimum absolute atomic E-state index is 0.317. The van der Waals surface area contributed by atoms with Crippen LogP contribution in [0.3, 0.4) is 0 Å². The van der Waals surface area contributed by atoms with Crippen LogP contribution in [0.15, 0.2) is 6.33 Å². The van der Waals surface area contributed by atoms with Gasteiger partial charge >= 0.3 is 0 Å². The molecule has 0 saturated carbocycles. The predicted octanol–water partition coefficient (Wildman–Crippen LogP) is 1.86. The quantitative estimate of drug-likeness (QED) is 0.791. The van der Waals surface area contributed by atoms with Crippen LogP contribution in [0.25, 0.3) is 0 Å². The van der Waals surface area contributed by atoms with E-state index >= 15 is 0 Å². The van der Waals surface area contributed by atoms with Gasteiger partial charge in [-0.3, -0.25) is 4.79 Å². The van der Waals surface area contributed by atoms with Gasteiger partial charge in [0, 0.05) is 25.9 Å². The molecule has 0 radical (unpaired) electrons. The number of hydrogen-bond donors (Lipinski definition) is 0. The van der Waals surface area contributed by atoms with Crippen molar-refractivity contribution < 1.29 is 4.79 Å². The maximum Gasteiger partial charge on any atom is 0.151 e. The zero-order valence-corrected chi connectivity index (χ0v) is 10.00. The smallest absolute Gasteiger partial charge is 0.151 e. The number of hydrogen-bond acceptors (Lipinski definition) is 4. The molecule has 1 aliphatic rings. The maximum atomic E-state index is 11.2. The topological polar surface area (TPSA) is 46.1 Å². The van der Waals surface area contributed by atoms with Crippen LogP contribution in [0.1, 0.15) is 25.5 Å². The molecule has 2 rings (SSSR count). The SMILES string of the molecule is CCc1ncnc(N2CCC(=O)CC2)c1Cl. The van der Waals surface area contributed by atoms with Gasteiger partial charge in [-0.25, -0.2) is 9.97 Å². The largest absolute Gasteiger partial charge is 0.354 e. The number of nitrogens with zero attached hydrogens (tertiary/aromatic N) is 3. The minimum Gasteiger partial charge on any atom is -0.354 e. The molecule has 1 aromatic rings. The summed E-state index contributed by atoms with van der Waals surface area (Å²) in [6.07, 6.45) is 3.50. The third kappa shape index (κ3) is 2.16. The summed E-state index contributed by atoms with van der Waals surface area (Å²) in [7, 11) is 0. The fraction of sp³-hybridized carbons (Fsp3) is 0.545. The summed E-state index contributed by atoms with van der Waals surface area (Å²) in [4.78, 5) is 21.6. The molecule has 86 valence electrons. The molecule has 0 bridgehead atoms. The number of carbonyl (C=O) groups excluding carboxylic acids is 1. The standard InChI is InChI=1S/C11H14ClN3O/c1-2-9-10(12)11(14-7-13-9)15-5-3-8(16)4-6-15/h7H,2-6H2,1H3. The van der Waals surface area contributed by atoms with Gasteiger partial charge in [-0.2, -0.15) is 0 Å². The van der Waals surface area contributed by atoms with E-state index in [1.807, 2.05) is 6.92 Å². The number of rotatable bonds is 2. The number of anilines is 1. The second-order valence-electron chi connectivity index (χ2n) is 3.84. The van der Waals surface area contributed by atoms with Crippen LogP contribution >= 0.6 is 11.6 Å². The first-order valence-corrected chi connectivity index (χ1v) is 5.86. The summed E-state index contributed by atoms with van der Waals surface area (Å²) >= 11 is 6.23. The third-order valence-corrected chi connectivity index (χ3v) is 3.19. The van der Waals surface area contributed by atoms with E-state index in [0.29, 0.717) is 36.7 Å². The Kier molecular flexibility index (Phi) is 3.39. The zero-order chi connectivity index (χ0) is 11.5. The summed E-state index contributed by atoms with van der Waals surface area (Å²) in [5.74, 6) is 1.08. The van der Waals surface area contributed by atoms with Crippen molar-refractivity contribution in [3.05, 3.63) is 17.0 Å². The summed E-state index contributed by atoms with van der Waals surface area (Å²) in [6, 6.07) is 0. The predicted molar refractivity (Wildman–Crippen MR) is 62.9 cm³/mol. The van der Waals surface area contributed by atoms with Crippen molar-refractivity contribution in [1.29, 1.82) is 0 Å². The van der Waals surface area contributed by atoms with Gasteiger partial charge in [-0.1, -0.05) is 18.5 Å². The lowest BCUT2D eigenvalue weighted by atomic mass is 10.1. The molecule has 0 N–H and O–H groups in total. The van der Waals surface area contributed by atoms with Crippen molar-refractivity contribution >= 4 is 23.2 Å². The molecule has 0 atom stereocenters. The molecular formula is C11H14ClN3O. The van der Waals surface area contributed by atoms with Crippen molar-refractivity contribution in [2.75, 3.05) is 18.0 Å². The molecule has 2 heterocycles. The summed E-state index contributed by atoms with van der Waals surface area (Å²) in [6.45, 7) is 3.43. The average molecular weight is 240 g/mol. The van der Waals surface area contributed by atoms with Crippen LogP contribution in [0.4, 0.5) is 5.82 Å². The van der Waals surface area contributed by atoms with Gasteiger partial charge < -0.3 is 4.90 Å². The van der Waals surface area contributed by atoms with E-state index in [-0.39, 0.29) is 0 Å². The highest BCUT2D eigenvalue weighted by atomic mass is 35.5. The van der Waals surface area contributed by atoms with Gasteiger partial charge in [0.1, 0.15) is 17.1 Å². The Hall–Kier alpha value is -1.16. The molecule has 0 spiro atoms. The minimum atomic E-state index is 0.317. The van der Waals surface area contributed by atoms with E-state index in [1.54, 1.807) is 0 Å². The number of piperidine rings is 1. The molecule has 4 nitrogen and oxygen atoms in total. The average Bonchev–Trinajstić information content (AvgIpc) is 2.31. The lowest BCUT2D eigenvalue weighted by Crippen LogP contribution is -2.34. The summed E-state index contributed by atoms with van der Waals surface area (Å²) < 4.78 is 0. The number of aromatic nitrogens is 2. The molecule has 1 saturated heterocycles. The third-order valence-electron chi connectivity index (χ3n) is 2.80. The highest BCUT2D eigenvalue weighted by molar-refractivity contribution is 6.33. The van der Waals surface area contributed by atoms with Crippen molar-refractivity contribution in [3.63, 3.8) is 0 Å². The van der Waals surface area contributed by atoms with E-state index in [4.69, 9.17) is 11.6 Å². The summed E-state index contributed by atoms with van der Waals surface area (Å²) in [5, 5.41) is 0.624. The molecule has 0 unspecified atom stereocenters. The van der Waals surface area contributed by atoms with E-state index in [0.717, 1.165) is 17.9 Å². The lowest BCUT2D eigenvalue weighted by Gasteiger charge is -2.27. The van der Waals surface area contributed by atoms with Gasteiger partial charge in [0.2, 0.25) is 0 Å². The van der Waals surface area contributed by atoms with Crippen LogP contribution in [0.5, 0.6) is 0 Å². The van der Waals surface area contributed by atoms with Gasteiger partial charge in [-0.05, 0) is 6.42 Å². The molecule has 5 heteroatoms. The Labute approximate surface area is 99.6 Å². The first kappa shape index (κ1) is 11.3.